The molecule has 0 aromatic heterocycles. The molecule has 0 atom stereocenters. The molecule has 1 saturated heterocycles. The Hall–Kier alpha value is -2.04. The summed E-state index contributed by atoms with van der Waals surface area (Å²) < 4.78 is 42.4. The average molecular weight is 395 g/mol. The normalized spacial score (nSPS) is 27.8. The highest BCUT2D eigenvalue weighted by atomic mass is 19.4. The summed E-state index contributed by atoms with van der Waals surface area (Å²) in [5.74, 6) is 5.63. The zero-order valence-electron chi connectivity index (χ0n) is 15.8. The van der Waals surface area contributed by atoms with Crippen LogP contribution in [0.3, 0.4) is 0 Å². The van der Waals surface area contributed by atoms with Crippen LogP contribution in [0.2, 0.25) is 0 Å². The third-order valence-corrected chi connectivity index (χ3v) is 5.74. The van der Waals surface area contributed by atoms with Gasteiger partial charge >= 0.3 is 6.18 Å². The number of carbonyl (C=O) groups excluding carboxylic acids is 1. The second-order valence-electron chi connectivity index (χ2n) is 7.71. The third kappa shape index (κ3) is 4.50. The van der Waals surface area contributed by atoms with Crippen LogP contribution in [0.4, 0.5) is 18.9 Å². The maximum Gasteiger partial charge on any atom is 0.393 e. The van der Waals surface area contributed by atoms with E-state index in [1.54, 1.807) is 17.0 Å². The molecular weight excluding hydrogens is 371 g/mol. The Balaban J connectivity index is 1.66. The lowest BCUT2D eigenvalue weighted by atomic mass is 9.68. The lowest BCUT2D eigenvalue weighted by Gasteiger charge is -2.38. The number of amides is 1. The van der Waals surface area contributed by atoms with E-state index in [1.807, 2.05) is 0 Å². The van der Waals surface area contributed by atoms with E-state index >= 15 is 0 Å². The van der Waals surface area contributed by atoms with E-state index in [4.69, 9.17) is 4.74 Å². The number of hydrogen-bond donors (Lipinski definition) is 1. The zero-order chi connectivity index (χ0) is 20.4. The van der Waals surface area contributed by atoms with Gasteiger partial charge in [0.1, 0.15) is 12.2 Å². The predicted octanol–water partition coefficient (Wildman–Crippen LogP) is 3.47. The smallest absolute Gasteiger partial charge is 0.378 e. The number of ether oxygens (including phenoxy) is 1. The lowest BCUT2D eigenvalue weighted by Crippen LogP contribution is -2.43. The fraction of sp³-hybridized carbons (Fsp3) is 0.571. The van der Waals surface area contributed by atoms with Gasteiger partial charge in [-0.05, 0) is 49.8 Å². The first-order valence-electron chi connectivity index (χ1n) is 9.35. The Labute approximate surface area is 162 Å². The largest absolute Gasteiger partial charge is 0.393 e. The van der Waals surface area contributed by atoms with Crippen LogP contribution in [0.1, 0.15) is 37.7 Å². The van der Waals surface area contributed by atoms with E-state index in [2.05, 4.69) is 11.8 Å². The van der Waals surface area contributed by atoms with Crippen LogP contribution in [-0.2, 0) is 16.0 Å². The van der Waals surface area contributed by atoms with Crippen LogP contribution < -0.4 is 4.90 Å². The van der Waals surface area contributed by atoms with E-state index in [9.17, 15) is 23.1 Å². The van der Waals surface area contributed by atoms with Gasteiger partial charge in [-0.3, -0.25) is 4.79 Å². The van der Waals surface area contributed by atoms with Gasteiger partial charge in [-0.15, -0.1) is 0 Å². The summed E-state index contributed by atoms with van der Waals surface area (Å²) in [5, 5.41) is 10.6. The summed E-state index contributed by atoms with van der Waals surface area (Å²) in [6.45, 7) is 0.787. The summed E-state index contributed by atoms with van der Waals surface area (Å²) in [6.07, 6.45) is -2.60. The molecule has 1 spiro atoms. The number of methoxy groups -OCH3 is 1. The molecule has 1 heterocycles. The van der Waals surface area contributed by atoms with Crippen LogP contribution in [0.25, 0.3) is 0 Å². The van der Waals surface area contributed by atoms with Gasteiger partial charge in [0.2, 0.25) is 5.91 Å². The highest BCUT2D eigenvalue weighted by molar-refractivity contribution is 6.00. The Morgan fingerprint density at radius 1 is 1.14 bits per heavy atom. The number of hydrogen-bond acceptors (Lipinski definition) is 3. The van der Waals surface area contributed by atoms with Crippen molar-refractivity contribution >= 4 is 11.6 Å². The molecule has 1 aliphatic heterocycles. The minimum Gasteiger partial charge on any atom is -0.378 e. The second kappa shape index (κ2) is 7.76. The molecule has 1 amide bonds. The van der Waals surface area contributed by atoms with Crippen molar-refractivity contribution < 1.29 is 27.8 Å². The SMILES string of the molecule is COCC#C[C@]1(O)CC[C@]2(CCN(c3ccc(CC(F)(F)F)cc3)C2=O)CC1. The fourth-order valence-electron chi connectivity index (χ4n) is 4.10. The molecule has 1 saturated carbocycles. The van der Waals surface area contributed by atoms with Crippen molar-refractivity contribution in [2.45, 2.75) is 50.3 Å². The van der Waals surface area contributed by atoms with Crippen molar-refractivity contribution in [3.05, 3.63) is 29.8 Å². The molecule has 0 unspecified atom stereocenters. The molecule has 3 rings (SSSR count). The Morgan fingerprint density at radius 2 is 1.79 bits per heavy atom. The van der Waals surface area contributed by atoms with Crippen LogP contribution in [0.5, 0.6) is 0 Å². The van der Waals surface area contributed by atoms with Crippen molar-refractivity contribution in [2.24, 2.45) is 5.41 Å². The topological polar surface area (TPSA) is 49.8 Å². The highest BCUT2D eigenvalue weighted by Crippen LogP contribution is 2.48. The predicted molar refractivity (Wildman–Crippen MR) is 98.7 cm³/mol. The molecule has 7 heteroatoms. The van der Waals surface area contributed by atoms with Gasteiger partial charge in [-0.2, -0.15) is 13.2 Å². The Morgan fingerprint density at radius 3 is 2.36 bits per heavy atom. The minimum absolute atomic E-state index is 0.0111. The lowest BCUT2D eigenvalue weighted by molar-refractivity contribution is -0.129. The van der Waals surface area contributed by atoms with E-state index in [0.717, 1.165) is 0 Å². The molecule has 2 fully saturated rings. The summed E-state index contributed by atoms with van der Waals surface area (Å²) in [6, 6.07) is 6.00. The van der Waals surface area contributed by atoms with Crippen molar-refractivity contribution in [1.29, 1.82) is 0 Å². The average Bonchev–Trinajstić information content (AvgIpc) is 2.95. The van der Waals surface area contributed by atoms with E-state index in [0.29, 0.717) is 44.3 Å². The summed E-state index contributed by atoms with van der Waals surface area (Å²) in [5.41, 5.74) is -0.806. The standard InChI is InChI=1S/C21H24F3NO3/c1-28-14-2-7-20(27)10-8-19(9-11-20)12-13-25(18(19)26)17-5-3-16(4-6-17)15-21(22,23)24/h3-6,27H,8-15H2,1H3/t19-,20+. The Bertz CT molecular complexity index is 769. The molecular formula is C21H24F3NO3. The van der Waals surface area contributed by atoms with Crippen molar-refractivity contribution in [3.63, 3.8) is 0 Å². The number of aliphatic hydroxyl groups is 1. The van der Waals surface area contributed by atoms with E-state index in [1.165, 1.54) is 19.2 Å². The number of nitrogens with zero attached hydrogens (tertiary/aromatic N) is 1. The van der Waals surface area contributed by atoms with E-state index < -0.39 is 23.6 Å². The number of anilines is 1. The second-order valence-corrected chi connectivity index (χ2v) is 7.71. The highest BCUT2D eigenvalue weighted by Gasteiger charge is 2.51. The molecule has 0 radical (unpaired) electrons. The van der Waals surface area contributed by atoms with Gasteiger partial charge in [0.25, 0.3) is 0 Å². The number of benzene rings is 1. The Kier molecular flexibility index (Phi) is 5.74. The number of alkyl halides is 3. The quantitative estimate of drug-likeness (QED) is 0.798. The molecule has 1 aromatic carbocycles. The van der Waals surface area contributed by atoms with Gasteiger partial charge in [-0.25, -0.2) is 0 Å². The molecule has 1 aromatic rings. The fourth-order valence-corrected chi connectivity index (χ4v) is 4.10. The number of halogens is 3. The van der Waals surface area contributed by atoms with Crippen molar-refractivity contribution in [2.75, 3.05) is 25.2 Å². The van der Waals surface area contributed by atoms with Crippen LogP contribution in [-0.4, -0.2) is 43.1 Å². The van der Waals surface area contributed by atoms with Gasteiger partial charge in [0, 0.05) is 19.3 Å². The van der Waals surface area contributed by atoms with Gasteiger partial charge in [0.05, 0.1) is 11.8 Å². The molecule has 2 aliphatic rings. The summed E-state index contributed by atoms with van der Waals surface area (Å²) in [7, 11) is 1.54. The number of rotatable bonds is 3. The van der Waals surface area contributed by atoms with Crippen molar-refractivity contribution in [3.8, 4) is 11.8 Å². The van der Waals surface area contributed by atoms with Crippen LogP contribution in [0.15, 0.2) is 24.3 Å². The summed E-state index contributed by atoms with van der Waals surface area (Å²) in [4.78, 5) is 14.7. The monoisotopic (exact) mass is 395 g/mol. The molecule has 1 N–H and O–H groups in total. The van der Waals surface area contributed by atoms with Crippen molar-refractivity contribution in [1.82, 2.24) is 0 Å². The first-order chi connectivity index (χ1) is 13.2. The molecule has 4 nitrogen and oxygen atoms in total. The maximum absolute atomic E-state index is 13.1. The molecule has 1 aliphatic carbocycles. The number of carbonyl (C=O) groups is 1. The summed E-state index contributed by atoms with van der Waals surface area (Å²) >= 11 is 0. The minimum atomic E-state index is -4.25. The van der Waals surface area contributed by atoms with Crippen LogP contribution >= 0.6 is 0 Å². The van der Waals surface area contributed by atoms with Gasteiger partial charge < -0.3 is 14.7 Å². The molecule has 0 bridgehead atoms. The first kappa shape index (κ1) is 20.7. The third-order valence-electron chi connectivity index (χ3n) is 5.74. The van der Waals surface area contributed by atoms with Crippen LogP contribution in [0, 0.1) is 17.3 Å². The maximum atomic E-state index is 13.1. The molecule has 28 heavy (non-hydrogen) atoms. The van der Waals surface area contributed by atoms with Gasteiger partial charge in [-0.1, -0.05) is 24.0 Å². The zero-order valence-corrected chi connectivity index (χ0v) is 15.8. The van der Waals surface area contributed by atoms with Gasteiger partial charge in [0.15, 0.2) is 0 Å². The van der Waals surface area contributed by atoms with E-state index in [-0.39, 0.29) is 18.1 Å². The first-order valence-corrected chi connectivity index (χ1v) is 9.35. The molecule has 152 valence electrons.